The molecule has 22 heavy (non-hydrogen) atoms. The topological polar surface area (TPSA) is 81.5 Å². The van der Waals surface area contributed by atoms with Gasteiger partial charge in [0.2, 0.25) is 6.41 Å². The van der Waals surface area contributed by atoms with Crippen molar-refractivity contribution < 1.29 is 14.3 Å². The van der Waals surface area contributed by atoms with Gasteiger partial charge in [-0.3, -0.25) is 14.2 Å². The standard InChI is InChI=1S/C15H13N3O4/c1-2-22-15(21)10-7-16-13-8-17(9-19)11-5-3-4-6-12(11)18(13)14(10)20/h3-7,9H,2,8H2,1H3. The number of amides is 1. The average Bonchev–Trinajstić information content (AvgIpc) is 2.54. The summed E-state index contributed by atoms with van der Waals surface area (Å²) in [7, 11) is 0. The number of hydrogen-bond acceptors (Lipinski definition) is 5. The summed E-state index contributed by atoms with van der Waals surface area (Å²) in [6.45, 7) is 2.01. The molecule has 0 saturated carbocycles. The fraction of sp³-hybridized carbons (Fsp3) is 0.200. The van der Waals surface area contributed by atoms with E-state index in [9.17, 15) is 14.4 Å². The van der Waals surface area contributed by atoms with Crippen molar-refractivity contribution in [3.63, 3.8) is 0 Å². The van der Waals surface area contributed by atoms with Crippen LogP contribution in [-0.4, -0.2) is 28.5 Å². The first-order valence-corrected chi connectivity index (χ1v) is 6.76. The van der Waals surface area contributed by atoms with Gasteiger partial charge in [0.15, 0.2) is 0 Å². The first-order chi connectivity index (χ1) is 10.7. The van der Waals surface area contributed by atoms with E-state index >= 15 is 0 Å². The number of para-hydroxylation sites is 2. The van der Waals surface area contributed by atoms with Crippen molar-refractivity contribution in [2.24, 2.45) is 0 Å². The lowest BCUT2D eigenvalue weighted by Gasteiger charge is -2.28. The van der Waals surface area contributed by atoms with Crippen LogP contribution >= 0.6 is 0 Å². The lowest BCUT2D eigenvalue weighted by atomic mass is 10.2. The van der Waals surface area contributed by atoms with Gasteiger partial charge >= 0.3 is 5.97 Å². The van der Waals surface area contributed by atoms with Crippen molar-refractivity contribution >= 4 is 18.1 Å². The van der Waals surface area contributed by atoms with Crippen molar-refractivity contribution in [1.29, 1.82) is 0 Å². The molecule has 112 valence electrons. The molecule has 0 fully saturated rings. The molecule has 0 radical (unpaired) electrons. The summed E-state index contributed by atoms with van der Waals surface area (Å²) in [6, 6.07) is 6.96. The molecule has 0 spiro atoms. The van der Waals surface area contributed by atoms with E-state index in [-0.39, 0.29) is 18.7 Å². The normalized spacial score (nSPS) is 12.3. The summed E-state index contributed by atoms with van der Waals surface area (Å²) < 4.78 is 6.22. The Hall–Kier alpha value is -2.96. The Morgan fingerprint density at radius 3 is 2.77 bits per heavy atom. The van der Waals surface area contributed by atoms with Gasteiger partial charge in [-0.15, -0.1) is 0 Å². The summed E-state index contributed by atoms with van der Waals surface area (Å²) in [5.41, 5.74) is 0.482. The summed E-state index contributed by atoms with van der Waals surface area (Å²) in [6.07, 6.45) is 1.89. The van der Waals surface area contributed by atoms with Gasteiger partial charge in [0, 0.05) is 6.20 Å². The number of carbonyl (C=O) groups is 2. The molecule has 1 aliphatic heterocycles. The molecule has 1 amide bonds. The molecular formula is C15H13N3O4. The second kappa shape index (κ2) is 5.44. The molecule has 1 aromatic carbocycles. The second-order valence-electron chi connectivity index (χ2n) is 4.67. The Kier molecular flexibility index (Phi) is 3.46. The maximum absolute atomic E-state index is 12.6. The van der Waals surface area contributed by atoms with E-state index in [0.717, 1.165) is 0 Å². The number of hydrogen-bond donors (Lipinski definition) is 0. The molecular weight excluding hydrogens is 286 g/mol. The van der Waals surface area contributed by atoms with Gasteiger partial charge in [-0.05, 0) is 19.1 Å². The second-order valence-corrected chi connectivity index (χ2v) is 4.67. The Bertz CT molecular complexity index is 813. The molecule has 1 aromatic heterocycles. The van der Waals surface area contributed by atoms with E-state index in [1.807, 2.05) is 0 Å². The first kappa shape index (κ1) is 14.0. The van der Waals surface area contributed by atoms with Crippen molar-refractivity contribution in [3.05, 3.63) is 52.2 Å². The Labute approximate surface area is 125 Å². The summed E-state index contributed by atoms with van der Waals surface area (Å²) in [5.74, 6) is -0.311. The van der Waals surface area contributed by atoms with E-state index < -0.39 is 11.5 Å². The number of ether oxygens (including phenoxy) is 1. The molecule has 0 N–H and O–H groups in total. The number of aromatic nitrogens is 2. The molecule has 0 bridgehead atoms. The lowest BCUT2D eigenvalue weighted by molar-refractivity contribution is -0.107. The molecule has 3 rings (SSSR count). The third-order valence-corrected chi connectivity index (χ3v) is 3.40. The highest BCUT2D eigenvalue weighted by Gasteiger charge is 2.26. The van der Waals surface area contributed by atoms with E-state index in [2.05, 4.69) is 4.98 Å². The third-order valence-electron chi connectivity index (χ3n) is 3.40. The van der Waals surface area contributed by atoms with Crippen LogP contribution in [0.4, 0.5) is 5.69 Å². The predicted octanol–water partition coefficient (Wildman–Crippen LogP) is 0.886. The van der Waals surface area contributed by atoms with Crippen molar-refractivity contribution in [1.82, 2.24) is 9.55 Å². The van der Waals surface area contributed by atoms with Crippen LogP contribution in [0.5, 0.6) is 0 Å². The molecule has 0 saturated heterocycles. The van der Waals surface area contributed by atoms with Gasteiger partial charge in [0.1, 0.15) is 11.4 Å². The maximum Gasteiger partial charge on any atom is 0.345 e. The number of carbonyl (C=O) groups excluding carboxylic acids is 2. The number of nitrogens with zero attached hydrogens (tertiary/aromatic N) is 3. The monoisotopic (exact) mass is 299 g/mol. The van der Waals surface area contributed by atoms with Gasteiger partial charge in [-0.25, -0.2) is 9.78 Å². The minimum atomic E-state index is -0.703. The average molecular weight is 299 g/mol. The van der Waals surface area contributed by atoms with Crippen molar-refractivity contribution in [2.75, 3.05) is 11.5 Å². The first-order valence-electron chi connectivity index (χ1n) is 6.76. The summed E-state index contributed by atoms with van der Waals surface area (Å²) >= 11 is 0. The van der Waals surface area contributed by atoms with E-state index in [4.69, 9.17) is 4.74 Å². The molecule has 7 nitrogen and oxygen atoms in total. The van der Waals surface area contributed by atoms with Crippen LogP contribution in [0.3, 0.4) is 0 Å². The molecule has 0 atom stereocenters. The Balaban J connectivity index is 2.23. The van der Waals surface area contributed by atoms with Gasteiger partial charge in [0.05, 0.1) is 24.5 Å². The lowest BCUT2D eigenvalue weighted by Crippen LogP contribution is -2.37. The van der Waals surface area contributed by atoms with Gasteiger partial charge in [0.25, 0.3) is 5.56 Å². The number of rotatable bonds is 3. The van der Waals surface area contributed by atoms with Gasteiger partial charge < -0.3 is 9.64 Å². The molecule has 1 aliphatic rings. The van der Waals surface area contributed by atoms with Gasteiger partial charge in [-0.1, -0.05) is 12.1 Å². The Morgan fingerprint density at radius 1 is 1.36 bits per heavy atom. The van der Waals surface area contributed by atoms with Crippen LogP contribution in [0.1, 0.15) is 23.1 Å². The molecule has 7 heteroatoms. The quantitative estimate of drug-likeness (QED) is 0.621. The van der Waals surface area contributed by atoms with E-state index in [1.54, 1.807) is 31.2 Å². The Morgan fingerprint density at radius 2 is 2.09 bits per heavy atom. The van der Waals surface area contributed by atoms with Crippen LogP contribution in [0.15, 0.2) is 35.3 Å². The zero-order chi connectivity index (χ0) is 15.7. The fourth-order valence-corrected chi connectivity index (χ4v) is 2.43. The largest absolute Gasteiger partial charge is 0.462 e. The fourth-order valence-electron chi connectivity index (χ4n) is 2.43. The van der Waals surface area contributed by atoms with E-state index in [1.165, 1.54) is 15.7 Å². The third kappa shape index (κ3) is 2.07. The maximum atomic E-state index is 12.6. The molecule has 0 unspecified atom stereocenters. The molecule has 0 aliphatic carbocycles. The van der Waals surface area contributed by atoms with Crippen LogP contribution in [0, 0.1) is 0 Å². The SMILES string of the molecule is CCOC(=O)c1cnc2n(c1=O)-c1ccccc1N(C=O)C2. The molecule has 2 heterocycles. The van der Waals surface area contributed by atoms with Crippen LogP contribution in [0.2, 0.25) is 0 Å². The highest BCUT2D eigenvalue weighted by molar-refractivity contribution is 5.89. The van der Waals surface area contributed by atoms with Gasteiger partial charge in [-0.2, -0.15) is 0 Å². The summed E-state index contributed by atoms with van der Waals surface area (Å²) in [4.78, 5) is 41.3. The van der Waals surface area contributed by atoms with Crippen molar-refractivity contribution in [3.8, 4) is 5.69 Å². The minimum absolute atomic E-state index is 0.125. The number of anilines is 1. The predicted molar refractivity (Wildman–Crippen MR) is 78.0 cm³/mol. The van der Waals surface area contributed by atoms with E-state index in [0.29, 0.717) is 23.6 Å². The number of benzene rings is 1. The zero-order valence-electron chi connectivity index (χ0n) is 11.9. The van der Waals surface area contributed by atoms with Crippen LogP contribution < -0.4 is 10.5 Å². The number of esters is 1. The number of fused-ring (bicyclic) bond motifs is 3. The highest BCUT2D eigenvalue weighted by Crippen LogP contribution is 2.28. The molecule has 2 aromatic rings. The smallest absolute Gasteiger partial charge is 0.345 e. The van der Waals surface area contributed by atoms with Crippen LogP contribution in [0.25, 0.3) is 5.69 Å². The van der Waals surface area contributed by atoms with Crippen molar-refractivity contribution in [2.45, 2.75) is 13.5 Å². The zero-order valence-corrected chi connectivity index (χ0v) is 11.9. The van der Waals surface area contributed by atoms with Crippen LogP contribution in [-0.2, 0) is 16.1 Å². The highest BCUT2D eigenvalue weighted by atomic mass is 16.5. The minimum Gasteiger partial charge on any atom is -0.462 e. The summed E-state index contributed by atoms with van der Waals surface area (Å²) in [5, 5.41) is 0.